The van der Waals surface area contributed by atoms with Crippen LogP contribution in [-0.4, -0.2) is 30.3 Å². The molecule has 29 heavy (non-hydrogen) atoms. The molecule has 0 unspecified atom stereocenters. The first-order chi connectivity index (χ1) is 14.1. The Morgan fingerprint density at radius 2 is 1.21 bits per heavy atom. The summed E-state index contributed by atoms with van der Waals surface area (Å²) in [5, 5.41) is 5.83. The van der Waals surface area contributed by atoms with E-state index in [1.165, 1.54) is 21.2 Å². The Labute approximate surface area is 175 Å². The highest BCUT2D eigenvalue weighted by atomic mass is 31.1. The number of rotatable bonds is 4. The van der Waals surface area contributed by atoms with Gasteiger partial charge in [0.2, 0.25) is 0 Å². The van der Waals surface area contributed by atoms with Crippen molar-refractivity contribution >= 4 is 37.1 Å². The average molecular weight is 420 g/mol. The Balaban J connectivity index is 1.54. The summed E-state index contributed by atoms with van der Waals surface area (Å²) in [5.74, 6) is -0.434. The van der Waals surface area contributed by atoms with Crippen molar-refractivity contribution in [1.29, 1.82) is 0 Å². The van der Waals surface area contributed by atoms with Gasteiger partial charge in [0.1, 0.15) is 0 Å². The fourth-order valence-electron chi connectivity index (χ4n) is 4.43. The van der Waals surface area contributed by atoms with Crippen molar-refractivity contribution in [2.45, 2.75) is 31.8 Å². The zero-order chi connectivity index (χ0) is 19.8. The molecule has 0 radical (unpaired) electrons. The summed E-state index contributed by atoms with van der Waals surface area (Å²) in [6, 6.07) is 31.1. The summed E-state index contributed by atoms with van der Waals surface area (Å²) in [6.45, 7) is 4.07. The van der Waals surface area contributed by atoms with Gasteiger partial charge in [-0.05, 0) is 43.0 Å². The minimum absolute atomic E-state index is 0.240. The van der Waals surface area contributed by atoms with E-state index in [-0.39, 0.29) is 20.1 Å². The second-order valence-corrected chi connectivity index (χ2v) is 12.6. The van der Waals surface area contributed by atoms with Crippen LogP contribution in [0.15, 0.2) is 84.9 Å². The molecule has 2 fully saturated rings. The molecule has 0 amide bonds. The zero-order valence-corrected chi connectivity index (χ0v) is 18.7. The van der Waals surface area contributed by atoms with Crippen LogP contribution in [0.3, 0.4) is 0 Å². The standard InChI is InChI=1S/C25H26O2P2/c1-25(2)26-21-17-28(18-22(21)27-25)23-15-9-10-16-24(23)29(19-11-5-3-6-12-19)20-13-7-4-8-14-20/h3-16,21-22H,17-18H2,1-2H3/t21-,22-/m1/s1. The van der Waals surface area contributed by atoms with Crippen LogP contribution in [-0.2, 0) is 9.47 Å². The lowest BCUT2D eigenvalue weighted by molar-refractivity contribution is -0.143. The van der Waals surface area contributed by atoms with Crippen molar-refractivity contribution in [3.8, 4) is 0 Å². The quantitative estimate of drug-likeness (QED) is 0.592. The summed E-state index contributed by atoms with van der Waals surface area (Å²) in [4.78, 5) is 0. The molecule has 4 heteroatoms. The molecule has 2 heterocycles. The Morgan fingerprint density at radius 3 is 1.76 bits per heavy atom. The van der Waals surface area contributed by atoms with Crippen LogP contribution >= 0.6 is 15.8 Å². The molecule has 0 saturated carbocycles. The molecule has 2 saturated heterocycles. The molecule has 0 bridgehead atoms. The molecule has 5 rings (SSSR count). The highest BCUT2D eigenvalue weighted by molar-refractivity contribution is 7.82. The molecule has 2 nitrogen and oxygen atoms in total. The van der Waals surface area contributed by atoms with Crippen molar-refractivity contribution in [2.24, 2.45) is 0 Å². The van der Waals surface area contributed by atoms with Gasteiger partial charge < -0.3 is 9.47 Å². The smallest absolute Gasteiger partial charge is 0.163 e. The number of benzene rings is 3. The number of ether oxygens (including phenoxy) is 2. The predicted octanol–water partition coefficient (Wildman–Crippen LogP) is 4.09. The topological polar surface area (TPSA) is 18.5 Å². The molecular formula is C25H26O2P2. The molecule has 0 aromatic heterocycles. The molecule has 3 aromatic rings. The van der Waals surface area contributed by atoms with Crippen LogP contribution in [0.25, 0.3) is 0 Å². The summed E-state index contributed by atoms with van der Waals surface area (Å²) >= 11 is 0. The summed E-state index contributed by atoms with van der Waals surface area (Å²) in [7, 11) is -0.865. The lowest BCUT2D eigenvalue weighted by atomic mass is 10.3. The minimum atomic E-state index is -0.582. The van der Waals surface area contributed by atoms with Gasteiger partial charge >= 0.3 is 0 Å². The zero-order valence-electron chi connectivity index (χ0n) is 16.9. The predicted molar refractivity (Wildman–Crippen MR) is 125 cm³/mol. The van der Waals surface area contributed by atoms with Crippen molar-refractivity contribution in [1.82, 2.24) is 0 Å². The molecule has 2 atom stereocenters. The maximum atomic E-state index is 6.19. The van der Waals surface area contributed by atoms with Crippen LogP contribution in [0.1, 0.15) is 13.8 Å². The van der Waals surface area contributed by atoms with E-state index >= 15 is 0 Å². The van der Waals surface area contributed by atoms with Gasteiger partial charge in [0.15, 0.2) is 5.79 Å². The van der Waals surface area contributed by atoms with Crippen LogP contribution in [0.2, 0.25) is 0 Å². The third-order valence-electron chi connectivity index (χ3n) is 5.58. The molecule has 3 aromatic carbocycles. The van der Waals surface area contributed by atoms with Crippen molar-refractivity contribution in [2.75, 3.05) is 12.3 Å². The van der Waals surface area contributed by atoms with Crippen LogP contribution < -0.4 is 21.2 Å². The van der Waals surface area contributed by atoms with Crippen LogP contribution in [0.4, 0.5) is 0 Å². The monoisotopic (exact) mass is 420 g/mol. The fourth-order valence-corrected chi connectivity index (χ4v) is 10.2. The van der Waals surface area contributed by atoms with Gasteiger partial charge in [-0.1, -0.05) is 92.9 Å². The normalized spacial score (nSPS) is 23.4. The second kappa shape index (κ2) is 7.93. The average Bonchev–Trinajstić information content (AvgIpc) is 3.24. The number of hydrogen-bond donors (Lipinski definition) is 0. The van der Waals surface area contributed by atoms with Crippen molar-refractivity contribution in [3.05, 3.63) is 84.9 Å². The van der Waals surface area contributed by atoms with E-state index in [0.717, 1.165) is 12.3 Å². The summed E-state index contributed by atoms with van der Waals surface area (Å²) < 4.78 is 12.4. The van der Waals surface area contributed by atoms with Gasteiger partial charge in [0, 0.05) is 12.3 Å². The van der Waals surface area contributed by atoms with E-state index in [2.05, 4.69) is 84.9 Å². The van der Waals surface area contributed by atoms with Gasteiger partial charge in [-0.15, -0.1) is 0 Å². The third-order valence-corrected chi connectivity index (χ3v) is 10.9. The Bertz CT molecular complexity index is 919. The number of hydrogen-bond acceptors (Lipinski definition) is 2. The summed E-state index contributed by atoms with van der Waals surface area (Å²) in [6.07, 6.45) is 2.69. The molecule has 2 aliphatic heterocycles. The van der Waals surface area contributed by atoms with Crippen molar-refractivity contribution in [3.63, 3.8) is 0 Å². The highest BCUT2D eigenvalue weighted by Crippen LogP contribution is 2.50. The lowest BCUT2D eigenvalue weighted by Crippen LogP contribution is -2.31. The van der Waals surface area contributed by atoms with Crippen LogP contribution in [0.5, 0.6) is 0 Å². The van der Waals surface area contributed by atoms with Gasteiger partial charge in [0.25, 0.3) is 0 Å². The van der Waals surface area contributed by atoms with E-state index in [4.69, 9.17) is 9.47 Å². The first-order valence-electron chi connectivity index (χ1n) is 10.2. The molecule has 0 spiro atoms. The van der Waals surface area contributed by atoms with Gasteiger partial charge in [-0.25, -0.2) is 0 Å². The highest BCUT2D eigenvalue weighted by Gasteiger charge is 2.48. The lowest BCUT2D eigenvalue weighted by Gasteiger charge is -2.26. The largest absolute Gasteiger partial charge is 0.344 e. The Morgan fingerprint density at radius 1 is 0.724 bits per heavy atom. The van der Waals surface area contributed by atoms with E-state index in [1.807, 2.05) is 13.8 Å². The van der Waals surface area contributed by atoms with E-state index < -0.39 is 13.7 Å². The first kappa shape index (κ1) is 19.4. The maximum absolute atomic E-state index is 6.19. The van der Waals surface area contributed by atoms with E-state index in [9.17, 15) is 0 Å². The summed E-state index contributed by atoms with van der Waals surface area (Å²) in [5.41, 5.74) is 0. The van der Waals surface area contributed by atoms with Crippen LogP contribution in [0, 0.1) is 0 Å². The molecule has 2 aliphatic rings. The fraction of sp³-hybridized carbons (Fsp3) is 0.280. The molecule has 0 N–H and O–H groups in total. The first-order valence-corrected chi connectivity index (χ1v) is 13.3. The number of fused-ring (bicyclic) bond motifs is 1. The third kappa shape index (κ3) is 3.92. The maximum Gasteiger partial charge on any atom is 0.163 e. The SMILES string of the molecule is CC1(C)O[C@@H]2CP(c3ccccc3P(c3ccccc3)c3ccccc3)C[C@H]2O1. The Kier molecular flexibility index (Phi) is 5.31. The second-order valence-electron chi connectivity index (χ2n) is 8.11. The van der Waals surface area contributed by atoms with E-state index in [1.54, 1.807) is 0 Å². The van der Waals surface area contributed by atoms with E-state index in [0.29, 0.717) is 0 Å². The minimum Gasteiger partial charge on any atom is -0.344 e. The van der Waals surface area contributed by atoms with Crippen molar-refractivity contribution < 1.29 is 9.47 Å². The Hall–Kier alpha value is -1.56. The van der Waals surface area contributed by atoms with Gasteiger partial charge in [-0.3, -0.25) is 0 Å². The molecule has 0 aliphatic carbocycles. The molecule has 148 valence electrons. The molecular weight excluding hydrogens is 394 g/mol. The van der Waals surface area contributed by atoms with Gasteiger partial charge in [0.05, 0.1) is 12.2 Å². The van der Waals surface area contributed by atoms with Gasteiger partial charge in [-0.2, -0.15) is 0 Å².